The number of anilines is 1. The zero-order valence-corrected chi connectivity index (χ0v) is 11.8. The lowest BCUT2D eigenvalue weighted by atomic mass is 10.1. The maximum Gasteiger partial charge on any atom is 0.241 e. The molecule has 0 saturated heterocycles. The van der Waals surface area contributed by atoms with E-state index >= 15 is 0 Å². The van der Waals surface area contributed by atoms with Crippen LogP contribution in [0, 0.1) is 0 Å². The molecule has 2 aromatic carbocycles. The molecule has 4 nitrogen and oxygen atoms in total. The van der Waals surface area contributed by atoms with Crippen molar-refractivity contribution in [3.63, 3.8) is 0 Å². The number of carbonyl (C=O) groups excluding carboxylic acids is 1. The summed E-state index contributed by atoms with van der Waals surface area (Å²) in [5.74, 6) is -0.0719. The van der Waals surface area contributed by atoms with Crippen molar-refractivity contribution in [1.29, 1.82) is 0 Å². The number of likely N-dealkylation sites (N-methyl/N-ethyl adjacent to an activating group) is 1. The molecule has 1 amide bonds. The summed E-state index contributed by atoms with van der Waals surface area (Å²) in [6.45, 7) is 2.35. The van der Waals surface area contributed by atoms with Gasteiger partial charge in [0.25, 0.3) is 0 Å². The van der Waals surface area contributed by atoms with Crippen molar-refractivity contribution >= 4 is 22.4 Å². The number of amides is 1. The van der Waals surface area contributed by atoms with Gasteiger partial charge in [0, 0.05) is 17.6 Å². The fourth-order valence-corrected chi connectivity index (χ4v) is 2.12. The first-order valence-electron chi connectivity index (χ1n) is 6.73. The van der Waals surface area contributed by atoms with E-state index in [0.717, 1.165) is 16.5 Å². The van der Waals surface area contributed by atoms with Gasteiger partial charge in [0.05, 0.1) is 12.6 Å². The molecule has 2 aromatic rings. The summed E-state index contributed by atoms with van der Waals surface area (Å²) in [4.78, 5) is 14.1. The molecule has 0 aliphatic rings. The summed E-state index contributed by atoms with van der Waals surface area (Å²) < 4.78 is 0. The van der Waals surface area contributed by atoms with E-state index < -0.39 is 0 Å². The van der Waals surface area contributed by atoms with Gasteiger partial charge in [-0.1, -0.05) is 36.4 Å². The van der Waals surface area contributed by atoms with Crippen LogP contribution in [0.4, 0.5) is 5.69 Å². The zero-order valence-electron chi connectivity index (χ0n) is 11.8. The van der Waals surface area contributed by atoms with E-state index in [4.69, 9.17) is 5.11 Å². The van der Waals surface area contributed by atoms with Crippen LogP contribution >= 0.6 is 0 Å². The maximum atomic E-state index is 12.2. The minimum Gasteiger partial charge on any atom is -0.395 e. The third-order valence-electron chi connectivity index (χ3n) is 3.54. The standard InChI is InChI=1S/C16H20N2O2/c1-12(18(2)10-11-19)16(20)17-15-9-5-7-13-6-3-4-8-14(13)15/h3-9,12,19H,10-11H2,1-2H3,(H,17,20). The van der Waals surface area contributed by atoms with Gasteiger partial charge in [-0.3, -0.25) is 9.69 Å². The number of aliphatic hydroxyl groups excluding tert-OH is 1. The predicted octanol–water partition coefficient (Wildman–Crippen LogP) is 2.09. The number of aliphatic hydroxyl groups is 1. The number of hydrogen-bond donors (Lipinski definition) is 2. The normalized spacial score (nSPS) is 12.6. The van der Waals surface area contributed by atoms with E-state index in [1.165, 1.54) is 0 Å². The van der Waals surface area contributed by atoms with Crippen molar-refractivity contribution in [1.82, 2.24) is 4.90 Å². The van der Waals surface area contributed by atoms with Crippen molar-refractivity contribution in [3.8, 4) is 0 Å². The molecule has 1 atom stereocenters. The molecule has 0 bridgehead atoms. The summed E-state index contributed by atoms with van der Waals surface area (Å²) in [5.41, 5.74) is 0.817. The van der Waals surface area contributed by atoms with E-state index in [1.54, 1.807) is 0 Å². The molecule has 20 heavy (non-hydrogen) atoms. The van der Waals surface area contributed by atoms with Crippen LogP contribution in [0.15, 0.2) is 42.5 Å². The number of nitrogens with zero attached hydrogens (tertiary/aromatic N) is 1. The summed E-state index contributed by atoms with van der Waals surface area (Å²) >= 11 is 0. The topological polar surface area (TPSA) is 52.6 Å². The number of rotatable bonds is 5. The van der Waals surface area contributed by atoms with Crippen molar-refractivity contribution < 1.29 is 9.90 Å². The number of carbonyl (C=O) groups is 1. The Morgan fingerprint density at radius 2 is 1.95 bits per heavy atom. The van der Waals surface area contributed by atoms with Crippen LogP contribution in [-0.2, 0) is 4.79 Å². The molecule has 0 radical (unpaired) electrons. The molecule has 4 heteroatoms. The van der Waals surface area contributed by atoms with Crippen LogP contribution in [0.25, 0.3) is 10.8 Å². The zero-order chi connectivity index (χ0) is 14.5. The van der Waals surface area contributed by atoms with Crippen LogP contribution in [0.1, 0.15) is 6.92 Å². The van der Waals surface area contributed by atoms with Crippen LogP contribution in [0.2, 0.25) is 0 Å². The van der Waals surface area contributed by atoms with Crippen molar-refractivity contribution in [2.45, 2.75) is 13.0 Å². The Morgan fingerprint density at radius 3 is 2.70 bits per heavy atom. The van der Waals surface area contributed by atoms with Crippen LogP contribution < -0.4 is 5.32 Å². The fraction of sp³-hybridized carbons (Fsp3) is 0.312. The Labute approximate surface area is 119 Å². The Kier molecular flexibility index (Phi) is 4.71. The van der Waals surface area contributed by atoms with Gasteiger partial charge in [0.15, 0.2) is 0 Å². The van der Waals surface area contributed by atoms with Crippen LogP contribution in [0.5, 0.6) is 0 Å². The first-order valence-corrected chi connectivity index (χ1v) is 6.73. The van der Waals surface area contributed by atoms with Crippen molar-refractivity contribution in [3.05, 3.63) is 42.5 Å². The lowest BCUT2D eigenvalue weighted by molar-refractivity contribution is -0.120. The van der Waals surface area contributed by atoms with Gasteiger partial charge in [-0.05, 0) is 25.4 Å². The monoisotopic (exact) mass is 272 g/mol. The van der Waals surface area contributed by atoms with Crippen LogP contribution in [-0.4, -0.2) is 42.2 Å². The molecular weight excluding hydrogens is 252 g/mol. The second-order valence-corrected chi connectivity index (χ2v) is 4.90. The first kappa shape index (κ1) is 14.5. The molecule has 0 heterocycles. The highest BCUT2D eigenvalue weighted by atomic mass is 16.3. The largest absolute Gasteiger partial charge is 0.395 e. The third-order valence-corrected chi connectivity index (χ3v) is 3.54. The Morgan fingerprint density at radius 1 is 1.25 bits per heavy atom. The molecule has 0 aliphatic carbocycles. The van der Waals surface area contributed by atoms with E-state index in [0.29, 0.717) is 6.54 Å². The first-order chi connectivity index (χ1) is 9.63. The van der Waals surface area contributed by atoms with Gasteiger partial charge < -0.3 is 10.4 Å². The molecule has 0 aliphatic heterocycles. The number of nitrogens with one attached hydrogen (secondary N) is 1. The molecule has 0 fully saturated rings. The molecule has 2 N–H and O–H groups in total. The SMILES string of the molecule is CC(C(=O)Nc1cccc2ccccc12)N(C)CCO. The number of benzene rings is 2. The minimum atomic E-state index is -0.291. The van der Waals surface area contributed by atoms with Crippen molar-refractivity contribution in [2.75, 3.05) is 25.5 Å². The number of hydrogen-bond acceptors (Lipinski definition) is 3. The van der Waals surface area contributed by atoms with Gasteiger partial charge >= 0.3 is 0 Å². The average Bonchev–Trinajstić information content (AvgIpc) is 2.47. The lowest BCUT2D eigenvalue weighted by Crippen LogP contribution is -2.40. The van der Waals surface area contributed by atoms with E-state index in [2.05, 4.69) is 5.32 Å². The van der Waals surface area contributed by atoms with Gasteiger partial charge in [-0.15, -0.1) is 0 Å². The minimum absolute atomic E-state index is 0.0440. The Hall–Kier alpha value is -1.91. The maximum absolute atomic E-state index is 12.2. The molecule has 2 rings (SSSR count). The van der Waals surface area contributed by atoms with E-state index in [-0.39, 0.29) is 18.6 Å². The van der Waals surface area contributed by atoms with Crippen molar-refractivity contribution in [2.24, 2.45) is 0 Å². The van der Waals surface area contributed by atoms with Gasteiger partial charge in [-0.25, -0.2) is 0 Å². The molecule has 0 spiro atoms. The molecule has 0 aromatic heterocycles. The average molecular weight is 272 g/mol. The third kappa shape index (κ3) is 3.15. The van der Waals surface area contributed by atoms with E-state index in [9.17, 15) is 4.79 Å². The Balaban J connectivity index is 2.18. The van der Waals surface area contributed by atoms with Crippen LogP contribution in [0.3, 0.4) is 0 Å². The number of fused-ring (bicyclic) bond motifs is 1. The summed E-state index contributed by atoms with van der Waals surface area (Å²) in [6.07, 6.45) is 0. The fourth-order valence-electron chi connectivity index (χ4n) is 2.12. The highest BCUT2D eigenvalue weighted by Crippen LogP contribution is 2.23. The quantitative estimate of drug-likeness (QED) is 0.876. The highest BCUT2D eigenvalue weighted by molar-refractivity contribution is 6.03. The van der Waals surface area contributed by atoms with Gasteiger partial charge in [-0.2, -0.15) is 0 Å². The predicted molar refractivity (Wildman–Crippen MR) is 81.8 cm³/mol. The smallest absolute Gasteiger partial charge is 0.241 e. The van der Waals surface area contributed by atoms with Gasteiger partial charge in [0.2, 0.25) is 5.91 Å². The second-order valence-electron chi connectivity index (χ2n) is 4.90. The highest BCUT2D eigenvalue weighted by Gasteiger charge is 2.18. The summed E-state index contributed by atoms with van der Waals surface area (Å²) in [6, 6.07) is 13.5. The molecule has 1 unspecified atom stereocenters. The summed E-state index contributed by atoms with van der Waals surface area (Å²) in [7, 11) is 1.82. The van der Waals surface area contributed by atoms with Gasteiger partial charge in [0.1, 0.15) is 0 Å². The molecule has 106 valence electrons. The molecular formula is C16H20N2O2. The lowest BCUT2D eigenvalue weighted by Gasteiger charge is -2.23. The van der Waals surface area contributed by atoms with E-state index in [1.807, 2.05) is 61.3 Å². The summed E-state index contributed by atoms with van der Waals surface area (Å²) in [5, 5.41) is 14.0. The second kappa shape index (κ2) is 6.50. The molecule has 0 saturated carbocycles. The Bertz CT molecular complexity index is 593.